The fourth-order valence-electron chi connectivity index (χ4n) is 4.09. The summed E-state index contributed by atoms with van der Waals surface area (Å²) < 4.78 is 5.71. The van der Waals surface area contributed by atoms with E-state index in [4.69, 9.17) is 28.2 Å². The molecule has 0 spiro atoms. The van der Waals surface area contributed by atoms with E-state index >= 15 is 0 Å². The van der Waals surface area contributed by atoms with Gasteiger partial charge in [0.05, 0.1) is 0 Å². The first-order valence-corrected chi connectivity index (χ1v) is 12.9. The Labute approximate surface area is 227 Å². The number of halogens is 1. The average Bonchev–Trinajstić information content (AvgIpc) is 3.36. The molecule has 0 saturated carbocycles. The van der Waals surface area contributed by atoms with Crippen LogP contribution in [-0.4, -0.2) is 48.0 Å². The highest BCUT2D eigenvalue weighted by atomic mass is 35.5. The van der Waals surface area contributed by atoms with Crippen LogP contribution in [0, 0.1) is 12.3 Å². The van der Waals surface area contributed by atoms with Crippen LogP contribution >= 0.6 is 23.8 Å². The van der Waals surface area contributed by atoms with Crippen molar-refractivity contribution in [3.8, 4) is 11.3 Å². The van der Waals surface area contributed by atoms with Gasteiger partial charge in [0.1, 0.15) is 5.76 Å². The Morgan fingerprint density at radius 1 is 0.973 bits per heavy atom. The maximum atomic E-state index is 12.6. The van der Waals surface area contributed by atoms with Gasteiger partial charge in [-0.15, -0.1) is 0 Å². The van der Waals surface area contributed by atoms with Crippen molar-refractivity contribution >= 4 is 52.1 Å². The normalized spacial score (nSPS) is 13.9. The number of rotatable bonds is 4. The average molecular weight is 539 g/mol. The number of amides is 2. The number of furan rings is 1. The van der Waals surface area contributed by atoms with E-state index in [0.717, 1.165) is 35.6 Å². The molecule has 3 aromatic rings. The topological polar surface area (TPSA) is 77.8 Å². The zero-order chi connectivity index (χ0) is 26.7. The van der Waals surface area contributed by atoms with Gasteiger partial charge in [-0.25, -0.2) is 0 Å². The number of nitrogens with one attached hydrogen (secondary N) is 2. The predicted octanol–water partition coefficient (Wildman–Crippen LogP) is 5.73. The van der Waals surface area contributed by atoms with Crippen LogP contribution in [0.5, 0.6) is 0 Å². The molecular formula is C28H31ClN4O3S. The maximum Gasteiger partial charge on any atom is 0.293 e. The van der Waals surface area contributed by atoms with E-state index < -0.39 is 5.91 Å². The first kappa shape index (κ1) is 26.7. The molecule has 0 unspecified atom stereocenters. The van der Waals surface area contributed by atoms with Crippen molar-refractivity contribution in [1.82, 2.24) is 10.2 Å². The third-order valence-corrected chi connectivity index (χ3v) is 6.82. The molecule has 1 saturated heterocycles. The highest BCUT2D eigenvalue weighted by Gasteiger charge is 2.29. The van der Waals surface area contributed by atoms with Gasteiger partial charge in [0.25, 0.3) is 5.91 Å². The molecule has 2 aromatic carbocycles. The highest BCUT2D eigenvalue weighted by Crippen LogP contribution is 2.27. The molecular weight excluding hydrogens is 508 g/mol. The van der Waals surface area contributed by atoms with Crippen molar-refractivity contribution in [2.45, 2.75) is 27.7 Å². The molecule has 2 N–H and O–H groups in total. The van der Waals surface area contributed by atoms with Crippen LogP contribution in [0.4, 0.5) is 11.4 Å². The molecule has 0 atom stereocenters. The number of aryl methyl sites for hydroxylation is 1. The molecule has 2 heterocycles. The SMILES string of the molecule is Cc1ccc(-c2ccc(C(=O)NC(=S)Nc3ccc(N4CCN(C(=O)C(C)(C)C)CC4)cc3)o2)cc1Cl. The lowest BCUT2D eigenvalue weighted by molar-refractivity contribution is -0.139. The molecule has 4 rings (SSSR count). The minimum absolute atomic E-state index is 0.148. The Kier molecular flexibility index (Phi) is 7.90. The molecule has 37 heavy (non-hydrogen) atoms. The molecule has 7 nitrogen and oxygen atoms in total. The van der Waals surface area contributed by atoms with Crippen molar-refractivity contribution < 1.29 is 14.0 Å². The summed E-state index contributed by atoms with van der Waals surface area (Å²) in [5, 5.41) is 6.49. The summed E-state index contributed by atoms with van der Waals surface area (Å²) >= 11 is 11.5. The molecule has 1 aromatic heterocycles. The third kappa shape index (κ3) is 6.50. The zero-order valence-electron chi connectivity index (χ0n) is 21.4. The second-order valence-corrected chi connectivity index (χ2v) is 10.9. The predicted molar refractivity (Wildman–Crippen MR) is 152 cm³/mol. The molecule has 1 aliphatic heterocycles. The Bertz CT molecular complexity index is 1310. The summed E-state index contributed by atoms with van der Waals surface area (Å²) in [6, 6.07) is 16.7. The van der Waals surface area contributed by atoms with Crippen LogP contribution in [0.15, 0.2) is 59.0 Å². The quantitative estimate of drug-likeness (QED) is 0.413. The van der Waals surface area contributed by atoms with Gasteiger partial charge in [0.15, 0.2) is 10.9 Å². The number of anilines is 2. The van der Waals surface area contributed by atoms with Gasteiger partial charge in [-0.05, 0) is 67.2 Å². The van der Waals surface area contributed by atoms with Gasteiger partial charge in [0.2, 0.25) is 5.91 Å². The van der Waals surface area contributed by atoms with Crippen LogP contribution in [0.2, 0.25) is 5.02 Å². The monoisotopic (exact) mass is 538 g/mol. The lowest BCUT2D eigenvalue weighted by atomic mass is 9.94. The summed E-state index contributed by atoms with van der Waals surface area (Å²) in [6.07, 6.45) is 0. The van der Waals surface area contributed by atoms with E-state index in [2.05, 4.69) is 15.5 Å². The van der Waals surface area contributed by atoms with Crippen molar-refractivity contribution in [1.29, 1.82) is 0 Å². The molecule has 0 radical (unpaired) electrons. The highest BCUT2D eigenvalue weighted by molar-refractivity contribution is 7.80. The Balaban J connectivity index is 1.29. The van der Waals surface area contributed by atoms with E-state index in [-0.39, 0.29) is 22.2 Å². The van der Waals surface area contributed by atoms with E-state index in [9.17, 15) is 9.59 Å². The minimum atomic E-state index is -0.443. The fourth-order valence-corrected chi connectivity index (χ4v) is 4.48. The Morgan fingerprint density at radius 2 is 1.65 bits per heavy atom. The first-order valence-electron chi connectivity index (χ1n) is 12.1. The van der Waals surface area contributed by atoms with E-state index in [1.165, 1.54) is 0 Å². The van der Waals surface area contributed by atoms with Crippen molar-refractivity contribution in [2.24, 2.45) is 5.41 Å². The molecule has 0 bridgehead atoms. The second kappa shape index (κ2) is 10.9. The van der Waals surface area contributed by atoms with Crippen molar-refractivity contribution in [3.63, 3.8) is 0 Å². The number of carbonyl (C=O) groups excluding carboxylic acids is 2. The largest absolute Gasteiger partial charge is 0.451 e. The lowest BCUT2D eigenvalue weighted by Gasteiger charge is -2.38. The van der Waals surface area contributed by atoms with E-state index in [1.807, 2.05) is 69.0 Å². The summed E-state index contributed by atoms with van der Waals surface area (Å²) in [4.78, 5) is 29.3. The Hall–Kier alpha value is -3.36. The van der Waals surface area contributed by atoms with E-state index in [0.29, 0.717) is 23.9 Å². The summed E-state index contributed by atoms with van der Waals surface area (Å²) in [5.74, 6) is 0.439. The molecule has 1 fully saturated rings. The lowest BCUT2D eigenvalue weighted by Crippen LogP contribution is -2.51. The number of piperazine rings is 1. The Morgan fingerprint density at radius 3 is 2.27 bits per heavy atom. The smallest absolute Gasteiger partial charge is 0.293 e. The number of nitrogens with zero attached hydrogens (tertiary/aromatic N) is 2. The van der Waals surface area contributed by atoms with Crippen molar-refractivity contribution in [2.75, 3.05) is 36.4 Å². The van der Waals surface area contributed by atoms with Gasteiger partial charge >= 0.3 is 0 Å². The summed E-state index contributed by atoms with van der Waals surface area (Å²) in [6.45, 7) is 10.8. The zero-order valence-corrected chi connectivity index (χ0v) is 23.0. The minimum Gasteiger partial charge on any atom is -0.451 e. The number of hydrogen-bond donors (Lipinski definition) is 2. The van der Waals surface area contributed by atoms with Crippen LogP contribution < -0.4 is 15.5 Å². The molecule has 2 amide bonds. The first-order chi connectivity index (χ1) is 17.5. The standard InChI is InChI=1S/C28H31ClN4O3S/c1-18-5-6-19(17-22(18)29)23-11-12-24(36-23)25(34)31-27(37)30-20-7-9-21(10-8-20)32-13-15-33(16-14-32)26(35)28(2,3)4/h5-12,17H,13-16H2,1-4H3,(H2,30,31,34,37). The van der Waals surface area contributed by atoms with Gasteiger partial charge in [-0.2, -0.15) is 0 Å². The van der Waals surface area contributed by atoms with Crippen LogP contribution in [0.1, 0.15) is 36.9 Å². The van der Waals surface area contributed by atoms with Gasteiger partial charge in [-0.1, -0.05) is 44.5 Å². The van der Waals surface area contributed by atoms with Crippen molar-refractivity contribution in [3.05, 3.63) is 70.9 Å². The van der Waals surface area contributed by atoms with Crippen LogP contribution in [-0.2, 0) is 4.79 Å². The van der Waals surface area contributed by atoms with Gasteiger partial charge in [0, 0.05) is 53.6 Å². The maximum absolute atomic E-state index is 12.6. The number of benzene rings is 2. The van der Waals surface area contributed by atoms with Crippen LogP contribution in [0.3, 0.4) is 0 Å². The second-order valence-electron chi connectivity index (χ2n) is 10.1. The molecule has 194 valence electrons. The van der Waals surface area contributed by atoms with Gasteiger partial charge < -0.3 is 19.5 Å². The third-order valence-electron chi connectivity index (χ3n) is 6.21. The number of carbonyl (C=O) groups is 2. The molecule has 9 heteroatoms. The summed E-state index contributed by atoms with van der Waals surface area (Å²) in [5.41, 5.74) is 3.22. The summed E-state index contributed by atoms with van der Waals surface area (Å²) in [7, 11) is 0. The molecule has 1 aliphatic rings. The number of hydrogen-bond acceptors (Lipinski definition) is 5. The van der Waals surface area contributed by atoms with Crippen LogP contribution in [0.25, 0.3) is 11.3 Å². The van der Waals surface area contributed by atoms with Gasteiger partial charge in [-0.3, -0.25) is 14.9 Å². The number of thiocarbonyl (C=S) groups is 1. The fraction of sp³-hybridized carbons (Fsp3) is 0.321. The molecule has 0 aliphatic carbocycles. The van der Waals surface area contributed by atoms with E-state index in [1.54, 1.807) is 18.2 Å².